The number of hydrogen-bond donors (Lipinski definition) is 1. The van der Waals surface area contributed by atoms with E-state index in [1.54, 1.807) is 6.07 Å². The van der Waals surface area contributed by atoms with Crippen molar-refractivity contribution < 1.29 is 9.22 Å². The molecule has 4 heteroatoms. The molecular weight excluding hydrogens is 719 g/mol. The van der Waals surface area contributed by atoms with Crippen molar-refractivity contribution in [3.8, 4) is 67.5 Å². The number of phenols is 1. The first-order valence-corrected chi connectivity index (χ1v) is 20.5. The van der Waals surface area contributed by atoms with Crippen LogP contribution in [0.5, 0.6) is 5.75 Å². The number of nitrogens with zero attached hydrogens (tertiary/aromatic N) is 3. The van der Waals surface area contributed by atoms with Crippen LogP contribution in [0.3, 0.4) is 0 Å². The molecule has 0 unspecified atom stereocenters. The smallest absolute Gasteiger partial charge is 0.149 e. The maximum atomic E-state index is 11.3. The fourth-order valence-corrected chi connectivity index (χ4v) is 8.04. The summed E-state index contributed by atoms with van der Waals surface area (Å²) in [4.78, 5) is 10.3. The molecule has 0 aliphatic carbocycles. The second kappa shape index (κ2) is 15.8. The van der Waals surface area contributed by atoms with Gasteiger partial charge in [0.1, 0.15) is 11.6 Å². The molecule has 2 heterocycles. The maximum Gasteiger partial charge on any atom is 0.149 e. The molecule has 0 amide bonds. The number of hydrogen-bond acceptors (Lipinski definition) is 3. The van der Waals surface area contributed by atoms with Gasteiger partial charge in [-0.25, -0.2) is 4.98 Å². The first-order valence-electron chi connectivity index (χ1n) is 22.0. The number of rotatable bonds is 9. The fraction of sp³-hybridized carbons (Fsp3) is 0.236. The van der Waals surface area contributed by atoms with E-state index in [4.69, 9.17) is 14.1 Å². The van der Waals surface area contributed by atoms with Crippen LogP contribution in [0, 0.1) is 0 Å². The van der Waals surface area contributed by atoms with Gasteiger partial charge in [-0.1, -0.05) is 147 Å². The maximum absolute atomic E-state index is 11.3. The third-order valence-electron chi connectivity index (χ3n) is 11.3. The minimum absolute atomic E-state index is 0.136. The van der Waals surface area contributed by atoms with Crippen molar-refractivity contribution in [2.75, 3.05) is 0 Å². The molecule has 8 aromatic rings. The predicted molar refractivity (Wildman–Crippen MR) is 249 cm³/mol. The van der Waals surface area contributed by atoms with Gasteiger partial charge in [-0.2, -0.15) is 0 Å². The van der Waals surface area contributed by atoms with E-state index in [2.05, 4.69) is 104 Å². The van der Waals surface area contributed by atoms with Crippen LogP contribution >= 0.6 is 0 Å². The first-order chi connectivity index (χ1) is 29.2. The number of aromatic hydroxyl groups is 1. The second-order valence-electron chi connectivity index (χ2n) is 17.3. The Balaban J connectivity index is 1.30. The number of phenolic OH excluding ortho intramolecular Hbond substituents is 1. The van der Waals surface area contributed by atoms with Crippen molar-refractivity contribution in [2.24, 2.45) is 0 Å². The van der Waals surface area contributed by atoms with Crippen LogP contribution in [0.1, 0.15) is 106 Å². The van der Waals surface area contributed by atoms with Gasteiger partial charge in [-0.05, 0) is 128 Å². The summed E-state index contributed by atoms with van der Waals surface area (Å²) in [6, 6.07) is 46.9. The minimum Gasteiger partial charge on any atom is -0.507 e. The summed E-state index contributed by atoms with van der Waals surface area (Å²) in [5.74, 6) is -1.67. The Morgan fingerprint density at radius 2 is 1.20 bits per heavy atom. The highest BCUT2D eigenvalue weighted by molar-refractivity contribution is 5.97. The zero-order chi connectivity index (χ0) is 44.4. The van der Waals surface area contributed by atoms with Crippen molar-refractivity contribution in [3.63, 3.8) is 0 Å². The van der Waals surface area contributed by atoms with Crippen molar-refractivity contribution in [1.29, 1.82) is 0 Å². The molecule has 0 atom stereocenters. The van der Waals surface area contributed by atoms with E-state index in [1.165, 1.54) is 5.56 Å². The topological polar surface area (TPSA) is 50.9 Å². The molecule has 1 N–H and O–H groups in total. The molecule has 8 rings (SSSR count). The molecule has 0 spiro atoms. The summed E-state index contributed by atoms with van der Waals surface area (Å²) in [7, 11) is 0. The van der Waals surface area contributed by atoms with Gasteiger partial charge in [-0.3, -0.25) is 9.55 Å². The lowest BCUT2D eigenvalue weighted by Gasteiger charge is -2.22. The van der Waals surface area contributed by atoms with Gasteiger partial charge in [-0.15, -0.1) is 0 Å². The molecule has 0 aliphatic heterocycles. The largest absolute Gasteiger partial charge is 0.507 e. The quantitative estimate of drug-likeness (QED) is 0.159. The minimum atomic E-state index is -0.875. The van der Waals surface area contributed by atoms with Gasteiger partial charge in [0, 0.05) is 27.1 Å². The zero-order valence-electron chi connectivity index (χ0n) is 38.6. The third kappa shape index (κ3) is 7.72. The molecule has 0 fully saturated rings. The van der Waals surface area contributed by atoms with Gasteiger partial charge in [0.05, 0.1) is 22.3 Å². The Morgan fingerprint density at radius 3 is 1.85 bits per heavy atom. The van der Waals surface area contributed by atoms with E-state index in [0.717, 1.165) is 78.0 Å². The predicted octanol–water partition coefficient (Wildman–Crippen LogP) is 15.1. The van der Waals surface area contributed by atoms with Gasteiger partial charge >= 0.3 is 0 Å². The number of fused-ring (bicyclic) bond motifs is 1. The summed E-state index contributed by atoms with van der Waals surface area (Å²) >= 11 is 0. The standard InChI is InChI=1S/C55H55N3O/c1-34(2)37-20-22-38(23-21-37)40-28-29-56-49(33-40)42-30-41(31-43(32-42)55(7,8)9)47-17-13-18-50-53(47)57-54(48-14-10-11-19-51(48)59)58(50)44-26-24-39(25-27-44)52-45(35(3)4)15-12-16-46(52)36(5)6/h10-36,59H,1-9H3/i34D,35D,36D. The number of para-hydroxylation sites is 2. The monoisotopic (exact) mass is 776 g/mol. The van der Waals surface area contributed by atoms with Crippen LogP contribution in [0.4, 0.5) is 0 Å². The molecule has 6 aromatic carbocycles. The second-order valence-corrected chi connectivity index (χ2v) is 17.3. The van der Waals surface area contributed by atoms with Gasteiger partial charge in [0.25, 0.3) is 0 Å². The molecule has 0 saturated heterocycles. The fourth-order valence-electron chi connectivity index (χ4n) is 8.04. The molecule has 296 valence electrons. The summed E-state index contributed by atoms with van der Waals surface area (Å²) < 4.78 is 28.6. The molecule has 0 aliphatic rings. The van der Waals surface area contributed by atoms with Crippen molar-refractivity contribution in [2.45, 2.75) is 85.4 Å². The normalized spacial score (nSPS) is 13.3. The molecule has 59 heavy (non-hydrogen) atoms. The highest BCUT2D eigenvalue weighted by atomic mass is 16.3. The average molecular weight is 777 g/mol. The van der Waals surface area contributed by atoms with Crippen LogP contribution in [0.25, 0.3) is 72.7 Å². The molecule has 2 aromatic heterocycles. The molecular formula is C55H55N3O. The number of benzene rings is 6. The van der Waals surface area contributed by atoms with Crippen LogP contribution in [-0.4, -0.2) is 19.6 Å². The summed E-state index contributed by atoms with van der Waals surface area (Å²) in [6.45, 7) is 18.1. The number of imidazole rings is 1. The number of aromatic nitrogens is 3. The Labute approximate surface area is 354 Å². The molecule has 0 radical (unpaired) electrons. The van der Waals surface area contributed by atoms with Crippen LogP contribution in [-0.2, 0) is 5.41 Å². The van der Waals surface area contributed by atoms with Gasteiger partial charge in [0.2, 0.25) is 0 Å². The summed E-state index contributed by atoms with van der Waals surface area (Å²) in [5.41, 5.74) is 14.7. The lowest BCUT2D eigenvalue weighted by atomic mass is 9.83. The van der Waals surface area contributed by atoms with E-state index in [1.807, 2.05) is 102 Å². The Bertz CT molecular complexity index is 2910. The molecule has 0 bridgehead atoms. The average Bonchev–Trinajstić information content (AvgIpc) is 3.62. The van der Waals surface area contributed by atoms with Crippen molar-refractivity contribution in [3.05, 3.63) is 168 Å². The van der Waals surface area contributed by atoms with Gasteiger partial charge in [0.15, 0.2) is 0 Å². The van der Waals surface area contributed by atoms with Crippen LogP contribution in [0.2, 0.25) is 0 Å². The first kappa shape index (κ1) is 35.9. The number of pyridine rings is 1. The zero-order valence-corrected chi connectivity index (χ0v) is 35.6. The lowest BCUT2D eigenvalue weighted by molar-refractivity contribution is 0.477. The molecule has 4 nitrogen and oxygen atoms in total. The van der Waals surface area contributed by atoms with Crippen molar-refractivity contribution in [1.82, 2.24) is 14.5 Å². The highest BCUT2D eigenvalue weighted by Crippen LogP contribution is 2.41. The Hall–Kier alpha value is -6.26. The van der Waals surface area contributed by atoms with E-state index in [9.17, 15) is 5.11 Å². The van der Waals surface area contributed by atoms with Crippen LogP contribution < -0.4 is 0 Å². The SMILES string of the molecule is [2H]C(C)(C)c1ccc(-c2ccnc(-c3cc(-c4cccc5c4nc(-c4ccccc4O)n5-c4ccc(-c5c(C([2H])(C)C)cccc5C([2H])(C)C)cc4)cc(C(C)(C)C)c3)c2)cc1. The van der Waals surface area contributed by atoms with Crippen LogP contribution in [0.15, 0.2) is 146 Å². The third-order valence-corrected chi connectivity index (χ3v) is 11.3. The summed E-state index contributed by atoms with van der Waals surface area (Å²) in [5, 5.41) is 11.3. The van der Waals surface area contributed by atoms with E-state index >= 15 is 0 Å². The highest BCUT2D eigenvalue weighted by Gasteiger charge is 2.23. The van der Waals surface area contributed by atoms with E-state index < -0.39 is 17.7 Å². The van der Waals surface area contributed by atoms with Crippen molar-refractivity contribution >= 4 is 11.0 Å². The lowest BCUT2D eigenvalue weighted by Crippen LogP contribution is -2.11. The Kier molecular flexibility index (Phi) is 9.62. The van der Waals surface area contributed by atoms with Gasteiger partial charge < -0.3 is 5.11 Å². The van der Waals surface area contributed by atoms with E-state index in [0.29, 0.717) is 11.4 Å². The van der Waals surface area contributed by atoms with E-state index in [-0.39, 0.29) is 11.2 Å². The molecule has 0 saturated carbocycles. The Morgan fingerprint density at radius 1 is 0.576 bits per heavy atom. The summed E-state index contributed by atoms with van der Waals surface area (Å²) in [6.07, 6.45) is 1.86.